The van der Waals surface area contributed by atoms with E-state index in [0.29, 0.717) is 23.3 Å². The number of furan rings is 1. The summed E-state index contributed by atoms with van der Waals surface area (Å²) < 4.78 is 4.98. The summed E-state index contributed by atoms with van der Waals surface area (Å²) >= 11 is 0. The van der Waals surface area contributed by atoms with Gasteiger partial charge in [0.25, 0.3) is 5.69 Å². The molecule has 0 atom stereocenters. The van der Waals surface area contributed by atoms with E-state index in [-0.39, 0.29) is 5.69 Å². The van der Waals surface area contributed by atoms with Crippen LogP contribution < -0.4 is 5.32 Å². The van der Waals surface area contributed by atoms with Crippen LogP contribution in [0.25, 0.3) is 10.9 Å². The molecule has 2 heterocycles. The Morgan fingerprint density at radius 1 is 1.30 bits per heavy atom. The average Bonchev–Trinajstić information content (AvgIpc) is 2.97. The molecule has 3 aromatic rings. The second-order valence-electron chi connectivity index (χ2n) is 4.17. The second kappa shape index (κ2) is 4.96. The average molecular weight is 270 g/mol. The van der Waals surface area contributed by atoms with Gasteiger partial charge in [0.05, 0.1) is 23.0 Å². The number of benzene rings is 1. The molecule has 0 saturated heterocycles. The van der Waals surface area contributed by atoms with Gasteiger partial charge in [0.2, 0.25) is 0 Å². The van der Waals surface area contributed by atoms with E-state index in [0.717, 1.165) is 5.56 Å². The van der Waals surface area contributed by atoms with Crippen molar-refractivity contribution in [2.75, 3.05) is 5.32 Å². The molecule has 20 heavy (non-hydrogen) atoms. The van der Waals surface area contributed by atoms with Crippen molar-refractivity contribution in [2.24, 2.45) is 0 Å². The lowest BCUT2D eigenvalue weighted by atomic mass is 10.2. The van der Waals surface area contributed by atoms with Crippen molar-refractivity contribution in [1.29, 1.82) is 0 Å². The number of hydrogen-bond donors (Lipinski definition) is 1. The largest absolute Gasteiger partial charge is 0.472 e. The van der Waals surface area contributed by atoms with Gasteiger partial charge in [0, 0.05) is 29.6 Å². The number of anilines is 1. The van der Waals surface area contributed by atoms with Crippen molar-refractivity contribution in [3.8, 4) is 0 Å². The Hall–Kier alpha value is -2.96. The van der Waals surface area contributed by atoms with Gasteiger partial charge in [-0.1, -0.05) is 0 Å². The zero-order valence-corrected chi connectivity index (χ0v) is 10.3. The fourth-order valence-electron chi connectivity index (χ4n) is 1.88. The van der Waals surface area contributed by atoms with Crippen LogP contribution in [0.5, 0.6) is 0 Å². The smallest absolute Gasteiger partial charge is 0.270 e. The molecule has 0 amide bonds. The van der Waals surface area contributed by atoms with Crippen LogP contribution in [0.4, 0.5) is 11.5 Å². The fourth-order valence-corrected chi connectivity index (χ4v) is 1.88. The molecular weight excluding hydrogens is 260 g/mol. The standard InChI is InChI=1S/C13H10N4O3/c18-17(19)10-1-2-12-11(5-10)13(16-8-15-12)14-6-9-3-4-20-7-9/h1-5,7-8H,6H2,(H,14,15,16). The highest BCUT2D eigenvalue weighted by atomic mass is 16.6. The van der Waals surface area contributed by atoms with E-state index in [1.807, 2.05) is 6.07 Å². The third-order valence-corrected chi connectivity index (χ3v) is 2.87. The number of aromatic nitrogens is 2. The van der Waals surface area contributed by atoms with E-state index in [1.54, 1.807) is 18.6 Å². The van der Waals surface area contributed by atoms with Gasteiger partial charge in [-0.05, 0) is 12.1 Å². The Bertz CT molecular complexity index is 755. The molecule has 7 heteroatoms. The second-order valence-corrected chi connectivity index (χ2v) is 4.17. The monoisotopic (exact) mass is 270 g/mol. The number of nitrogens with one attached hydrogen (secondary N) is 1. The molecule has 0 bridgehead atoms. The molecule has 3 rings (SSSR count). The van der Waals surface area contributed by atoms with Crippen molar-refractivity contribution in [1.82, 2.24) is 9.97 Å². The Labute approximate surface area is 113 Å². The van der Waals surface area contributed by atoms with Crippen molar-refractivity contribution in [3.63, 3.8) is 0 Å². The molecule has 0 spiro atoms. The summed E-state index contributed by atoms with van der Waals surface area (Å²) in [5.74, 6) is 0.555. The maximum Gasteiger partial charge on any atom is 0.270 e. The molecule has 0 radical (unpaired) electrons. The van der Waals surface area contributed by atoms with Crippen molar-refractivity contribution >= 4 is 22.4 Å². The van der Waals surface area contributed by atoms with Crippen molar-refractivity contribution in [2.45, 2.75) is 6.54 Å². The van der Waals surface area contributed by atoms with Crippen LogP contribution in [0.2, 0.25) is 0 Å². The molecule has 0 aliphatic rings. The Morgan fingerprint density at radius 3 is 2.95 bits per heavy atom. The molecular formula is C13H10N4O3. The summed E-state index contributed by atoms with van der Waals surface area (Å²) in [6, 6.07) is 6.33. The van der Waals surface area contributed by atoms with Crippen LogP contribution in [0.15, 0.2) is 47.5 Å². The van der Waals surface area contributed by atoms with Crippen LogP contribution >= 0.6 is 0 Å². The van der Waals surface area contributed by atoms with Crippen molar-refractivity contribution < 1.29 is 9.34 Å². The highest BCUT2D eigenvalue weighted by Gasteiger charge is 2.10. The minimum atomic E-state index is -0.438. The van der Waals surface area contributed by atoms with Crippen LogP contribution in [-0.4, -0.2) is 14.9 Å². The van der Waals surface area contributed by atoms with Gasteiger partial charge in [0.15, 0.2) is 0 Å². The maximum absolute atomic E-state index is 10.8. The lowest BCUT2D eigenvalue weighted by molar-refractivity contribution is -0.384. The minimum Gasteiger partial charge on any atom is -0.472 e. The highest BCUT2D eigenvalue weighted by Crippen LogP contribution is 2.24. The predicted molar refractivity (Wildman–Crippen MR) is 72.2 cm³/mol. The number of hydrogen-bond acceptors (Lipinski definition) is 6. The summed E-state index contributed by atoms with van der Waals surface area (Å²) in [4.78, 5) is 18.6. The molecule has 0 fully saturated rings. The number of rotatable bonds is 4. The zero-order valence-electron chi connectivity index (χ0n) is 10.3. The third-order valence-electron chi connectivity index (χ3n) is 2.87. The molecule has 0 aliphatic carbocycles. The molecule has 1 N–H and O–H groups in total. The van der Waals surface area contributed by atoms with Gasteiger partial charge < -0.3 is 9.73 Å². The van der Waals surface area contributed by atoms with Gasteiger partial charge in [-0.2, -0.15) is 0 Å². The van der Waals surface area contributed by atoms with Gasteiger partial charge in [-0.3, -0.25) is 10.1 Å². The third kappa shape index (κ3) is 2.28. The number of nitro benzene ring substituents is 1. The number of nitrogens with zero attached hydrogens (tertiary/aromatic N) is 3. The van der Waals surface area contributed by atoms with E-state index in [1.165, 1.54) is 18.5 Å². The number of non-ortho nitro benzene ring substituents is 1. The lowest BCUT2D eigenvalue weighted by Crippen LogP contribution is -2.02. The van der Waals surface area contributed by atoms with Gasteiger partial charge in [0.1, 0.15) is 12.1 Å². The van der Waals surface area contributed by atoms with E-state index in [2.05, 4.69) is 15.3 Å². The van der Waals surface area contributed by atoms with Crippen LogP contribution in [0.1, 0.15) is 5.56 Å². The summed E-state index contributed by atoms with van der Waals surface area (Å²) in [5, 5.41) is 14.6. The van der Waals surface area contributed by atoms with Crippen LogP contribution in [-0.2, 0) is 6.54 Å². The number of fused-ring (bicyclic) bond motifs is 1. The van der Waals surface area contributed by atoms with E-state index < -0.39 is 4.92 Å². The van der Waals surface area contributed by atoms with E-state index >= 15 is 0 Å². The molecule has 100 valence electrons. The first kappa shape index (κ1) is 12.1. The van der Waals surface area contributed by atoms with Crippen LogP contribution in [0.3, 0.4) is 0 Å². The normalized spacial score (nSPS) is 10.6. The molecule has 7 nitrogen and oxygen atoms in total. The SMILES string of the molecule is O=[N+]([O-])c1ccc2ncnc(NCc3ccoc3)c2c1. The van der Waals surface area contributed by atoms with Gasteiger partial charge in [-0.15, -0.1) is 0 Å². The zero-order chi connectivity index (χ0) is 13.9. The van der Waals surface area contributed by atoms with Crippen LogP contribution in [0, 0.1) is 10.1 Å². The molecule has 0 aliphatic heterocycles. The van der Waals surface area contributed by atoms with Gasteiger partial charge in [-0.25, -0.2) is 9.97 Å². The van der Waals surface area contributed by atoms with Gasteiger partial charge >= 0.3 is 0 Å². The molecule has 1 aromatic carbocycles. The summed E-state index contributed by atoms with van der Waals surface area (Å²) in [5.41, 5.74) is 1.63. The first-order chi connectivity index (χ1) is 9.74. The minimum absolute atomic E-state index is 0.0126. The topological polar surface area (TPSA) is 94.1 Å². The Balaban J connectivity index is 1.96. The first-order valence-electron chi connectivity index (χ1n) is 5.88. The maximum atomic E-state index is 10.8. The Morgan fingerprint density at radius 2 is 2.20 bits per heavy atom. The molecule has 0 unspecified atom stereocenters. The van der Waals surface area contributed by atoms with E-state index in [9.17, 15) is 10.1 Å². The number of nitro groups is 1. The summed E-state index contributed by atoms with van der Waals surface area (Å²) in [6.07, 6.45) is 4.63. The predicted octanol–water partition coefficient (Wildman–Crippen LogP) is 2.74. The fraction of sp³-hybridized carbons (Fsp3) is 0.0769. The first-order valence-corrected chi connectivity index (χ1v) is 5.88. The lowest BCUT2D eigenvalue weighted by Gasteiger charge is -2.06. The molecule has 0 saturated carbocycles. The summed E-state index contributed by atoms with van der Waals surface area (Å²) in [6.45, 7) is 0.519. The van der Waals surface area contributed by atoms with E-state index in [4.69, 9.17) is 4.42 Å². The summed E-state index contributed by atoms with van der Waals surface area (Å²) in [7, 11) is 0. The highest BCUT2D eigenvalue weighted by molar-refractivity contribution is 5.90. The molecule has 2 aromatic heterocycles. The Kier molecular flexibility index (Phi) is 3.00. The van der Waals surface area contributed by atoms with Crippen molar-refractivity contribution in [3.05, 3.63) is 58.8 Å². The quantitative estimate of drug-likeness (QED) is 0.578.